The fourth-order valence-electron chi connectivity index (χ4n) is 1.86. The Labute approximate surface area is 115 Å². The van der Waals surface area contributed by atoms with E-state index < -0.39 is 0 Å². The second kappa shape index (κ2) is 6.27. The Morgan fingerprint density at radius 3 is 2.94 bits per heavy atom. The lowest BCUT2D eigenvalue weighted by molar-refractivity contribution is 0.0468. The van der Waals surface area contributed by atoms with Gasteiger partial charge in [-0.25, -0.2) is 0 Å². The molecule has 0 aromatic heterocycles. The summed E-state index contributed by atoms with van der Waals surface area (Å²) in [5, 5.41) is 1.07. The van der Waals surface area contributed by atoms with Crippen LogP contribution in [0.5, 0.6) is 0 Å². The van der Waals surface area contributed by atoms with E-state index in [1.807, 2.05) is 23.9 Å². The normalized spacial score (nSPS) is 22.4. The molecular weight excluding hydrogens is 279 g/mol. The molecule has 1 aromatic rings. The Hall–Kier alpha value is 0.0300. The van der Waals surface area contributed by atoms with Crippen LogP contribution in [0.1, 0.15) is 11.6 Å². The number of hydrazine groups is 1. The molecule has 1 heterocycles. The summed E-state index contributed by atoms with van der Waals surface area (Å²) in [4.78, 5) is 0. The van der Waals surface area contributed by atoms with Gasteiger partial charge in [0.1, 0.15) is 0 Å². The van der Waals surface area contributed by atoms with Crippen molar-refractivity contribution >= 4 is 35.0 Å². The third-order valence-corrected chi connectivity index (χ3v) is 4.56. The van der Waals surface area contributed by atoms with Gasteiger partial charge in [0, 0.05) is 11.5 Å². The number of halogens is 2. The third kappa shape index (κ3) is 3.08. The van der Waals surface area contributed by atoms with Crippen LogP contribution < -0.4 is 11.3 Å². The molecule has 1 aromatic carbocycles. The van der Waals surface area contributed by atoms with Crippen LogP contribution in [0.4, 0.5) is 0 Å². The molecule has 1 saturated heterocycles. The topological polar surface area (TPSA) is 47.3 Å². The number of rotatable bonds is 3. The monoisotopic (exact) mass is 292 g/mol. The van der Waals surface area contributed by atoms with E-state index in [1.54, 1.807) is 6.07 Å². The van der Waals surface area contributed by atoms with Crippen molar-refractivity contribution in [2.45, 2.75) is 12.1 Å². The zero-order valence-electron chi connectivity index (χ0n) is 9.16. The Morgan fingerprint density at radius 2 is 2.29 bits per heavy atom. The molecule has 0 amide bonds. The summed E-state index contributed by atoms with van der Waals surface area (Å²) in [6.45, 7) is 0.742. The van der Waals surface area contributed by atoms with Gasteiger partial charge in [-0.15, -0.1) is 0 Å². The van der Waals surface area contributed by atoms with Crippen molar-refractivity contribution < 1.29 is 4.74 Å². The first kappa shape index (κ1) is 13.5. The van der Waals surface area contributed by atoms with Gasteiger partial charge in [0.05, 0.1) is 28.8 Å². The van der Waals surface area contributed by atoms with E-state index in [1.165, 1.54) is 0 Å². The molecule has 1 aliphatic heterocycles. The highest BCUT2D eigenvalue weighted by atomic mass is 35.5. The van der Waals surface area contributed by atoms with Gasteiger partial charge >= 0.3 is 0 Å². The summed E-state index contributed by atoms with van der Waals surface area (Å²) < 4.78 is 5.72. The second-order valence-corrected chi connectivity index (χ2v) is 5.71. The van der Waals surface area contributed by atoms with Crippen LogP contribution in [0.15, 0.2) is 18.2 Å². The van der Waals surface area contributed by atoms with Crippen molar-refractivity contribution in [2.75, 3.05) is 18.1 Å². The van der Waals surface area contributed by atoms with E-state index in [0.29, 0.717) is 10.0 Å². The lowest BCUT2D eigenvalue weighted by atomic mass is 10.0. The van der Waals surface area contributed by atoms with Crippen molar-refractivity contribution in [3.63, 3.8) is 0 Å². The fraction of sp³-hybridized carbons (Fsp3) is 0.455. The van der Waals surface area contributed by atoms with Crippen molar-refractivity contribution in [3.8, 4) is 0 Å². The van der Waals surface area contributed by atoms with Crippen LogP contribution in [0.3, 0.4) is 0 Å². The third-order valence-electron chi connectivity index (χ3n) is 2.71. The Bertz CT molecular complexity index is 386. The van der Waals surface area contributed by atoms with Gasteiger partial charge in [-0.1, -0.05) is 35.3 Å². The molecule has 3 N–H and O–H groups in total. The Kier molecular flexibility index (Phi) is 4.97. The van der Waals surface area contributed by atoms with Gasteiger partial charge in [0.25, 0.3) is 0 Å². The average molecular weight is 293 g/mol. The summed E-state index contributed by atoms with van der Waals surface area (Å²) >= 11 is 14.1. The van der Waals surface area contributed by atoms with Crippen molar-refractivity contribution in [2.24, 2.45) is 5.84 Å². The molecule has 2 atom stereocenters. The highest BCUT2D eigenvalue weighted by Crippen LogP contribution is 2.33. The van der Waals surface area contributed by atoms with Crippen molar-refractivity contribution in [1.82, 2.24) is 5.43 Å². The van der Waals surface area contributed by atoms with Crippen LogP contribution in [0.25, 0.3) is 0 Å². The zero-order chi connectivity index (χ0) is 12.3. The highest BCUT2D eigenvalue weighted by Gasteiger charge is 2.27. The predicted molar refractivity (Wildman–Crippen MR) is 73.6 cm³/mol. The summed E-state index contributed by atoms with van der Waals surface area (Å²) in [5.74, 6) is 7.54. The van der Waals surface area contributed by atoms with Crippen LogP contribution in [-0.2, 0) is 4.74 Å². The van der Waals surface area contributed by atoms with Gasteiger partial charge in [0.15, 0.2) is 0 Å². The van der Waals surface area contributed by atoms with Gasteiger partial charge in [-0.05, 0) is 11.6 Å². The average Bonchev–Trinajstić information content (AvgIpc) is 2.37. The standard InChI is InChI=1S/C11H14Cl2N2OS/c12-8-3-1-2-7(10(8)13)11(15-14)9-6-17-5-4-16-9/h1-3,9,11,15H,4-6,14H2. The molecule has 0 radical (unpaired) electrons. The summed E-state index contributed by atoms with van der Waals surface area (Å²) in [6, 6.07) is 5.41. The first-order chi connectivity index (χ1) is 8.24. The molecular formula is C11H14Cl2N2OS. The highest BCUT2D eigenvalue weighted by molar-refractivity contribution is 7.99. The minimum Gasteiger partial charge on any atom is -0.374 e. The fourth-order valence-corrected chi connectivity index (χ4v) is 3.18. The molecule has 1 aliphatic rings. The molecule has 6 heteroatoms. The quantitative estimate of drug-likeness (QED) is 0.664. The van der Waals surface area contributed by atoms with E-state index in [4.69, 9.17) is 33.8 Å². The molecule has 94 valence electrons. The van der Waals surface area contributed by atoms with Gasteiger partial charge in [-0.3, -0.25) is 11.3 Å². The van der Waals surface area contributed by atoms with Crippen LogP contribution >= 0.6 is 35.0 Å². The maximum absolute atomic E-state index is 6.20. The van der Waals surface area contributed by atoms with E-state index in [0.717, 1.165) is 23.7 Å². The number of hydrogen-bond acceptors (Lipinski definition) is 4. The minimum atomic E-state index is -0.131. The summed E-state index contributed by atoms with van der Waals surface area (Å²) in [6.07, 6.45) is 0.0229. The van der Waals surface area contributed by atoms with Crippen molar-refractivity contribution in [3.05, 3.63) is 33.8 Å². The summed E-state index contributed by atoms with van der Waals surface area (Å²) in [5.41, 5.74) is 3.66. The molecule has 0 saturated carbocycles. The lowest BCUT2D eigenvalue weighted by Gasteiger charge is -2.30. The number of hydrogen-bond donors (Lipinski definition) is 2. The smallest absolute Gasteiger partial charge is 0.0873 e. The maximum atomic E-state index is 6.20. The maximum Gasteiger partial charge on any atom is 0.0873 e. The second-order valence-electron chi connectivity index (χ2n) is 3.77. The molecule has 0 bridgehead atoms. The molecule has 0 aliphatic carbocycles. The van der Waals surface area contributed by atoms with Crippen LogP contribution in [0, 0.1) is 0 Å². The first-order valence-corrected chi connectivity index (χ1v) is 7.24. The first-order valence-electron chi connectivity index (χ1n) is 5.33. The minimum absolute atomic E-state index is 0.0229. The largest absolute Gasteiger partial charge is 0.374 e. The van der Waals surface area contributed by atoms with Crippen LogP contribution in [-0.4, -0.2) is 24.2 Å². The van der Waals surface area contributed by atoms with E-state index >= 15 is 0 Å². The number of nitrogens with one attached hydrogen (secondary N) is 1. The van der Waals surface area contributed by atoms with Gasteiger partial charge < -0.3 is 4.74 Å². The van der Waals surface area contributed by atoms with Crippen LogP contribution in [0.2, 0.25) is 10.0 Å². The number of benzene rings is 1. The van der Waals surface area contributed by atoms with E-state index in [2.05, 4.69) is 5.43 Å². The molecule has 17 heavy (non-hydrogen) atoms. The molecule has 0 spiro atoms. The molecule has 3 nitrogen and oxygen atoms in total. The zero-order valence-corrected chi connectivity index (χ0v) is 11.5. The Morgan fingerprint density at radius 1 is 1.47 bits per heavy atom. The molecule has 1 fully saturated rings. The van der Waals surface area contributed by atoms with E-state index in [-0.39, 0.29) is 12.1 Å². The number of ether oxygens (including phenoxy) is 1. The number of thioether (sulfide) groups is 1. The van der Waals surface area contributed by atoms with Crippen molar-refractivity contribution in [1.29, 1.82) is 0 Å². The Balaban J connectivity index is 2.24. The van der Waals surface area contributed by atoms with Gasteiger partial charge in [-0.2, -0.15) is 11.8 Å². The lowest BCUT2D eigenvalue weighted by Crippen LogP contribution is -2.41. The molecule has 2 unspecified atom stereocenters. The predicted octanol–water partition coefficient (Wildman–Crippen LogP) is 2.63. The molecule has 2 rings (SSSR count). The summed E-state index contributed by atoms with van der Waals surface area (Å²) in [7, 11) is 0. The SMILES string of the molecule is NNC(c1cccc(Cl)c1Cl)C1CSCCO1. The number of nitrogens with two attached hydrogens (primary N) is 1. The van der Waals surface area contributed by atoms with Gasteiger partial charge in [0.2, 0.25) is 0 Å². The van der Waals surface area contributed by atoms with E-state index in [9.17, 15) is 0 Å².